The molecule has 1 heterocycles. The first-order valence-corrected chi connectivity index (χ1v) is 8.30. The molecule has 124 valence electrons. The van der Waals surface area contributed by atoms with Crippen molar-refractivity contribution >= 4 is 17.9 Å². The zero-order chi connectivity index (χ0) is 16.8. The molecule has 2 amide bonds. The maximum absolute atomic E-state index is 12.3. The number of hydrogen-bond acceptors (Lipinski definition) is 2. The minimum Gasteiger partial charge on any atom is -0.341 e. The second kappa shape index (κ2) is 7.95. The molecule has 0 aliphatic carbocycles. The lowest BCUT2D eigenvalue weighted by Crippen LogP contribution is -2.35. The molecule has 1 saturated heterocycles. The fourth-order valence-corrected chi connectivity index (χ4v) is 2.72. The van der Waals surface area contributed by atoms with Gasteiger partial charge in [0.05, 0.1) is 0 Å². The average molecular weight is 314 g/mol. The molecule has 0 atom stereocenters. The van der Waals surface area contributed by atoms with Crippen molar-refractivity contribution in [3.8, 4) is 0 Å². The standard InChI is InChI=1S/C19H26N2O2/c1-15(2)18-8-5-17(6-9-18)7-10-19(23)21-12-4-11-20(13-14-21)16(3)22/h5-10,15H,4,11-14H2,1-3H3/b10-7+. The van der Waals surface area contributed by atoms with E-state index < -0.39 is 0 Å². The van der Waals surface area contributed by atoms with Gasteiger partial charge >= 0.3 is 0 Å². The molecule has 0 spiro atoms. The Labute approximate surface area is 138 Å². The van der Waals surface area contributed by atoms with E-state index in [0.717, 1.165) is 18.5 Å². The number of carbonyl (C=O) groups excluding carboxylic acids is 2. The van der Waals surface area contributed by atoms with Gasteiger partial charge in [-0.2, -0.15) is 0 Å². The van der Waals surface area contributed by atoms with Crippen molar-refractivity contribution in [1.82, 2.24) is 9.80 Å². The molecule has 0 saturated carbocycles. The van der Waals surface area contributed by atoms with Gasteiger partial charge in [-0.3, -0.25) is 9.59 Å². The van der Waals surface area contributed by atoms with Crippen LogP contribution in [0, 0.1) is 0 Å². The highest BCUT2D eigenvalue weighted by atomic mass is 16.2. The summed E-state index contributed by atoms with van der Waals surface area (Å²) in [6, 6.07) is 8.29. The van der Waals surface area contributed by atoms with E-state index in [9.17, 15) is 9.59 Å². The van der Waals surface area contributed by atoms with Crippen molar-refractivity contribution in [1.29, 1.82) is 0 Å². The summed E-state index contributed by atoms with van der Waals surface area (Å²) in [5.41, 5.74) is 2.33. The highest BCUT2D eigenvalue weighted by Crippen LogP contribution is 2.15. The van der Waals surface area contributed by atoms with E-state index in [2.05, 4.69) is 26.0 Å². The minimum atomic E-state index is 0.0170. The first-order valence-electron chi connectivity index (χ1n) is 8.30. The van der Waals surface area contributed by atoms with Gasteiger partial charge in [0.15, 0.2) is 0 Å². The molecule has 1 aromatic carbocycles. The van der Waals surface area contributed by atoms with Crippen molar-refractivity contribution in [2.24, 2.45) is 0 Å². The van der Waals surface area contributed by atoms with Crippen molar-refractivity contribution in [2.45, 2.75) is 33.1 Å². The number of amides is 2. The normalized spacial score (nSPS) is 16.0. The lowest BCUT2D eigenvalue weighted by atomic mass is 10.0. The van der Waals surface area contributed by atoms with Crippen LogP contribution in [0.15, 0.2) is 30.3 Å². The summed E-state index contributed by atoms with van der Waals surface area (Å²) in [5, 5.41) is 0. The Morgan fingerprint density at radius 2 is 1.61 bits per heavy atom. The molecule has 1 aromatic rings. The summed E-state index contributed by atoms with van der Waals surface area (Å²) in [6.07, 6.45) is 4.33. The SMILES string of the molecule is CC(=O)N1CCCN(C(=O)/C=C/c2ccc(C(C)C)cc2)CC1. The highest BCUT2D eigenvalue weighted by Gasteiger charge is 2.18. The molecular formula is C19H26N2O2. The molecule has 23 heavy (non-hydrogen) atoms. The first-order chi connectivity index (χ1) is 11.0. The van der Waals surface area contributed by atoms with Gasteiger partial charge in [0.1, 0.15) is 0 Å². The topological polar surface area (TPSA) is 40.6 Å². The number of hydrogen-bond donors (Lipinski definition) is 0. The van der Waals surface area contributed by atoms with Gasteiger partial charge in [-0.15, -0.1) is 0 Å². The van der Waals surface area contributed by atoms with Gasteiger partial charge in [0, 0.05) is 39.2 Å². The number of benzene rings is 1. The monoisotopic (exact) mass is 314 g/mol. The first kappa shape index (κ1) is 17.3. The van der Waals surface area contributed by atoms with Crippen molar-refractivity contribution in [3.05, 3.63) is 41.5 Å². The Morgan fingerprint density at radius 3 is 2.22 bits per heavy atom. The van der Waals surface area contributed by atoms with E-state index in [0.29, 0.717) is 25.6 Å². The van der Waals surface area contributed by atoms with Gasteiger partial charge in [0.2, 0.25) is 11.8 Å². The lowest BCUT2D eigenvalue weighted by Gasteiger charge is -2.20. The van der Waals surface area contributed by atoms with E-state index >= 15 is 0 Å². The minimum absolute atomic E-state index is 0.0170. The fourth-order valence-electron chi connectivity index (χ4n) is 2.72. The molecule has 0 aromatic heterocycles. The largest absolute Gasteiger partial charge is 0.341 e. The van der Waals surface area contributed by atoms with Crippen molar-refractivity contribution in [2.75, 3.05) is 26.2 Å². The van der Waals surface area contributed by atoms with Gasteiger partial charge in [-0.05, 0) is 29.5 Å². The molecule has 2 rings (SSSR count). The molecule has 0 unspecified atom stereocenters. The smallest absolute Gasteiger partial charge is 0.246 e. The van der Waals surface area contributed by atoms with Crippen LogP contribution >= 0.6 is 0 Å². The molecule has 0 bridgehead atoms. The van der Waals surface area contributed by atoms with E-state index in [-0.39, 0.29) is 11.8 Å². The van der Waals surface area contributed by atoms with Crippen molar-refractivity contribution in [3.63, 3.8) is 0 Å². The van der Waals surface area contributed by atoms with Crippen LogP contribution in [0.4, 0.5) is 0 Å². The third kappa shape index (κ3) is 4.95. The molecule has 1 aliphatic heterocycles. The van der Waals surface area contributed by atoms with E-state index in [1.54, 1.807) is 13.0 Å². The van der Waals surface area contributed by atoms with Crippen LogP contribution in [0.3, 0.4) is 0 Å². The maximum atomic E-state index is 12.3. The van der Waals surface area contributed by atoms with Crippen LogP contribution in [0.1, 0.15) is 44.2 Å². The molecule has 0 N–H and O–H groups in total. The fraction of sp³-hybridized carbons (Fsp3) is 0.474. The number of nitrogens with zero attached hydrogens (tertiary/aromatic N) is 2. The molecule has 0 radical (unpaired) electrons. The summed E-state index contributed by atoms with van der Waals surface area (Å²) in [7, 11) is 0. The molecule has 1 fully saturated rings. The van der Waals surface area contributed by atoms with Crippen LogP contribution in [0.25, 0.3) is 6.08 Å². The van der Waals surface area contributed by atoms with Gasteiger partial charge < -0.3 is 9.80 Å². The zero-order valence-electron chi connectivity index (χ0n) is 14.3. The summed E-state index contributed by atoms with van der Waals surface area (Å²) in [4.78, 5) is 27.4. The van der Waals surface area contributed by atoms with Crippen LogP contribution < -0.4 is 0 Å². The summed E-state index contributed by atoms with van der Waals surface area (Å²) in [6.45, 7) is 8.58. The Hall–Kier alpha value is -2.10. The van der Waals surface area contributed by atoms with Crippen LogP contribution in [-0.2, 0) is 9.59 Å². The maximum Gasteiger partial charge on any atom is 0.246 e. The number of rotatable bonds is 3. The summed E-state index contributed by atoms with van der Waals surface area (Å²) >= 11 is 0. The molecule has 1 aliphatic rings. The van der Waals surface area contributed by atoms with E-state index in [1.165, 1.54) is 5.56 Å². The van der Waals surface area contributed by atoms with Gasteiger partial charge in [0.25, 0.3) is 0 Å². The Morgan fingerprint density at radius 1 is 1.00 bits per heavy atom. The molecular weight excluding hydrogens is 288 g/mol. The quantitative estimate of drug-likeness (QED) is 0.805. The second-order valence-corrected chi connectivity index (χ2v) is 6.34. The Balaban J connectivity index is 1.94. The molecule has 4 nitrogen and oxygen atoms in total. The van der Waals surface area contributed by atoms with E-state index in [4.69, 9.17) is 0 Å². The third-order valence-corrected chi connectivity index (χ3v) is 4.27. The van der Waals surface area contributed by atoms with Gasteiger partial charge in [-0.1, -0.05) is 38.1 Å². The second-order valence-electron chi connectivity index (χ2n) is 6.34. The predicted molar refractivity (Wildman–Crippen MR) is 93.0 cm³/mol. The Bertz CT molecular complexity index is 576. The summed E-state index contributed by atoms with van der Waals surface area (Å²) < 4.78 is 0. The van der Waals surface area contributed by atoms with Crippen LogP contribution in [0.2, 0.25) is 0 Å². The lowest BCUT2D eigenvalue weighted by molar-refractivity contribution is -0.130. The average Bonchev–Trinajstić information content (AvgIpc) is 2.79. The highest BCUT2D eigenvalue weighted by molar-refractivity contribution is 5.91. The zero-order valence-corrected chi connectivity index (χ0v) is 14.3. The third-order valence-electron chi connectivity index (χ3n) is 4.27. The Kier molecular flexibility index (Phi) is 5.97. The van der Waals surface area contributed by atoms with E-state index in [1.807, 2.05) is 28.0 Å². The number of carbonyl (C=O) groups is 2. The predicted octanol–water partition coefficient (Wildman–Crippen LogP) is 2.90. The van der Waals surface area contributed by atoms with Crippen LogP contribution in [-0.4, -0.2) is 47.8 Å². The van der Waals surface area contributed by atoms with Crippen LogP contribution in [0.5, 0.6) is 0 Å². The van der Waals surface area contributed by atoms with Crippen molar-refractivity contribution < 1.29 is 9.59 Å². The summed E-state index contributed by atoms with van der Waals surface area (Å²) in [5.74, 6) is 0.611. The van der Waals surface area contributed by atoms with Gasteiger partial charge in [-0.25, -0.2) is 0 Å². The molecule has 4 heteroatoms.